The van der Waals surface area contributed by atoms with Gasteiger partial charge in [-0.3, -0.25) is 0 Å². The van der Waals surface area contributed by atoms with Crippen LogP contribution in [0.5, 0.6) is 0 Å². The molecule has 0 fully saturated rings. The molecule has 1 aromatic rings. The van der Waals surface area contributed by atoms with Crippen LogP contribution in [-0.4, -0.2) is 18.3 Å². The lowest BCUT2D eigenvalue weighted by molar-refractivity contribution is 0.283. The normalized spacial score (nSPS) is 10.5. The van der Waals surface area contributed by atoms with Gasteiger partial charge in [0.05, 0.1) is 0 Å². The Morgan fingerprint density at radius 1 is 1.13 bits per heavy atom. The van der Waals surface area contributed by atoms with Gasteiger partial charge in [0.2, 0.25) is 0 Å². The van der Waals surface area contributed by atoms with Crippen LogP contribution in [0.2, 0.25) is 0 Å². The van der Waals surface area contributed by atoms with Gasteiger partial charge in [-0.25, -0.2) is 4.39 Å². The van der Waals surface area contributed by atoms with Crippen molar-refractivity contribution in [3.8, 4) is 0 Å². The van der Waals surface area contributed by atoms with Gasteiger partial charge < -0.3 is 10.4 Å². The Kier molecular flexibility index (Phi) is 5.97. The van der Waals surface area contributed by atoms with Crippen LogP contribution in [-0.2, 0) is 6.54 Å². The minimum absolute atomic E-state index is 0.152. The average Bonchev–Trinajstić information content (AvgIpc) is 2.25. The molecule has 84 valence electrons. The van der Waals surface area contributed by atoms with Crippen molar-refractivity contribution in [2.24, 2.45) is 0 Å². The molecule has 3 heteroatoms. The van der Waals surface area contributed by atoms with Crippen molar-refractivity contribution < 1.29 is 9.50 Å². The molecule has 0 unspecified atom stereocenters. The van der Waals surface area contributed by atoms with Crippen LogP contribution in [0, 0.1) is 5.82 Å². The highest BCUT2D eigenvalue weighted by Gasteiger charge is 1.98. The van der Waals surface area contributed by atoms with Gasteiger partial charge in [0, 0.05) is 18.7 Å². The minimum atomic E-state index is -0.152. The summed E-state index contributed by atoms with van der Waals surface area (Å²) in [5.41, 5.74) is 0.708. The summed E-state index contributed by atoms with van der Waals surface area (Å²) in [5, 5.41) is 11.7. The van der Waals surface area contributed by atoms with E-state index in [2.05, 4.69) is 5.32 Å². The van der Waals surface area contributed by atoms with Crippen LogP contribution < -0.4 is 5.32 Å². The predicted molar refractivity (Wildman–Crippen MR) is 59.0 cm³/mol. The fraction of sp³-hybridized carbons (Fsp3) is 0.500. The number of hydrogen-bond acceptors (Lipinski definition) is 2. The molecule has 0 radical (unpaired) electrons. The summed E-state index contributed by atoms with van der Waals surface area (Å²) in [7, 11) is 0. The Balaban J connectivity index is 2.12. The molecule has 0 saturated carbocycles. The summed E-state index contributed by atoms with van der Waals surface area (Å²) in [6.45, 7) is 1.70. The highest BCUT2D eigenvalue weighted by Crippen LogP contribution is 2.05. The first-order valence-electron chi connectivity index (χ1n) is 5.39. The van der Waals surface area contributed by atoms with Gasteiger partial charge in [-0.2, -0.15) is 0 Å². The lowest BCUT2D eigenvalue weighted by atomic mass is 10.2. The zero-order valence-electron chi connectivity index (χ0n) is 8.88. The molecule has 0 aromatic heterocycles. The average molecular weight is 211 g/mol. The maximum atomic E-state index is 13.1. The molecule has 0 heterocycles. The molecule has 0 saturated heterocycles. The van der Waals surface area contributed by atoms with Crippen molar-refractivity contribution >= 4 is 0 Å². The summed E-state index contributed by atoms with van der Waals surface area (Å²) < 4.78 is 13.1. The van der Waals surface area contributed by atoms with Gasteiger partial charge in [0.25, 0.3) is 0 Å². The topological polar surface area (TPSA) is 32.3 Å². The third-order valence-electron chi connectivity index (χ3n) is 2.28. The number of benzene rings is 1. The fourth-order valence-electron chi connectivity index (χ4n) is 1.40. The molecule has 0 aliphatic carbocycles. The van der Waals surface area contributed by atoms with Crippen molar-refractivity contribution in [2.75, 3.05) is 13.2 Å². The van der Waals surface area contributed by atoms with E-state index in [1.165, 1.54) is 6.07 Å². The number of nitrogens with one attached hydrogen (secondary N) is 1. The lowest BCUT2D eigenvalue weighted by Gasteiger charge is -2.05. The third kappa shape index (κ3) is 4.91. The number of rotatable bonds is 7. The summed E-state index contributed by atoms with van der Waals surface area (Å²) in [4.78, 5) is 0. The summed E-state index contributed by atoms with van der Waals surface area (Å²) in [6.07, 6.45) is 2.89. The molecule has 0 amide bonds. The Bertz CT molecular complexity index is 278. The van der Waals surface area contributed by atoms with Crippen LogP contribution in [0.15, 0.2) is 24.3 Å². The molecule has 1 aromatic carbocycles. The van der Waals surface area contributed by atoms with Crippen LogP contribution >= 0.6 is 0 Å². The fourth-order valence-corrected chi connectivity index (χ4v) is 1.40. The van der Waals surface area contributed by atoms with E-state index in [0.29, 0.717) is 12.1 Å². The predicted octanol–water partition coefficient (Wildman–Crippen LogP) is 2.08. The largest absolute Gasteiger partial charge is 0.396 e. The van der Waals surface area contributed by atoms with Crippen LogP contribution in [0.25, 0.3) is 0 Å². The molecule has 2 nitrogen and oxygen atoms in total. The zero-order chi connectivity index (χ0) is 10.9. The van der Waals surface area contributed by atoms with E-state index < -0.39 is 0 Å². The number of aliphatic hydroxyl groups is 1. The summed E-state index contributed by atoms with van der Waals surface area (Å²) in [6, 6.07) is 6.80. The van der Waals surface area contributed by atoms with Crippen molar-refractivity contribution in [1.29, 1.82) is 0 Å². The zero-order valence-corrected chi connectivity index (χ0v) is 8.88. The minimum Gasteiger partial charge on any atom is -0.396 e. The van der Waals surface area contributed by atoms with E-state index >= 15 is 0 Å². The monoisotopic (exact) mass is 211 g/mol. The Morgan fingerprint density at radius 2 is 1.93 bits per heavy atom. The van der Waals surface area contributed by atoms with Gasteiger partial charge in [-0.15, -0.1) is 0 Å². The quantitative estimate of drug-likeness (QED) is 0.677. The SMILES string of the molecule is OCCCCCNCc1ccccc1F. The van der Waals surface area contributed by atoms with Gasteiger partial charge in [0.15, 0.2) is 0 Å². The second-order valence-electron chi connectivity index (χ2n) is 3.55. The molecule has 0 spiro atoms. The first-order valence-corrected chi connectivity index (χ1v) is 5.39. The highest BCUT2D eigenvalue weighted by molar-refractivity contribution is 5.16. The van der Waals surface area contributed by atoms with Gasteiger partial charge in [-0.05, 0) is 31.9 Å². The maximum absolute atomic E-state index is 13.1. The molecule has 15 heavy (non-hydrogen) atoms. The van der Waals surface area contributed by atoms with E-state index in [9.17, 15) is 4.39 Å². The van der Waals surface area contributed by atoms with Crippen molar-refractivity contribution in [3.63, 3.8) is 0 Å². The molecule has 1 rings (SSSR count). The van der Waals surface area contributed by atoms with E-state index in [4.69, 9.17) is 5.11 Å². The van der Waals surface area contributed by atoms with Gasteiger partial charge >= 0.3 is 0 Å². The van der Waals surface area contributed by atoms with Crippen LogP contribution in [0.3, 0.4) is 0 Å². The molecular formula is C12H18FNO. The van der Waals surface area contributed by atoms with E-state index in [1.54, 1.807) is 12.1 Å². The summed E-state index contributed by atoms with van der Waals surface area (Å²) >= 11 is 0. The second-order valence-corrected chi connectivity index (χ2v) is 3.55. The number of aliphatic hydroxyl groups excluding tert-OH is 1. The smallest absolute Gasteiger partial charge is 0.127 e. The number of unbranched alkanes of at least 4 members (excludes halogenated alkanes) is 2. The molecule has 0 bridgehead atoms. The second kappa shape index (κ2) is 7.37. The molecular weight excluding hydrogens is 193 g/mol. The maximum Gasteiger partial charge on any atom is 0.127 e. The summed E-state index contributed by atoms with van der Waals surface area (Å²) in [5.74, 6) is -0.152. The van der Waals surface area contributed by atoms with Crippen LogP contribution in [0.1, 0.15) is 24.8 Å². The molecule has 0 aliphatic rings. The van der Waals surface area contributed by atoms with Crippen molar-refractivity contribution in [2.45, 2.75) is 25.8 Å². The standard InChI is InChI=1S/C12H18FNO/c13-12-7-3-2-6-11(12)10-14-8-4-1-5-9-15/h2-3,6-7,14-15H,1,4-5,8-10H2. The van der Waals surface area contributed by atoms with Crippen LogP contribution in [0.4, 0.5) is 4.39 Å². The number of hydrogen-bond donors (Lipinski definition) is 2. The number of halogens is 1. The van der Waals surface area contributed by atoms with Gasteiger partial charge in [0.1, 0.15) is 5.82 Å². The Morgan fingerprint density at radius 3 is 2.67 bits per heavy atom. The van der Waals surface area contributed by atoms with Crippen molar-refractivity contribution in [1.82, 2.24) is 5.32 Å². The molecule has 0 atom stereocenters. The van der Waals surface area contributed by atoms with E-state index in [1.807, 2.05) is 6.07 Å². The Labute approximate surface area is 90.1 Å². The van der Waals surface area contributed by atoms with E-state index in [-0.39, 0.29) is 12.4 Å². The molecule has 2 N–H and O–H groups in total. The van der Waals surface area contributed by atoms with E-state index in [0.717, 1.165) is 25.8 Å². The Hall–Kier alpha value is -0.930. The highest BCUT2D eigenvalue weighted by atomic mass is 19.1. The van der Waals surface area contributed by atoms with Gasteiger partial charge in [-0.1, -0.05) is 18.2 Å². The first kappa shape index (κ1) is 12.1. The van der Waals surface area contributed by atoms with Crippen molar-refractivity contribution in [3.05, 3.63) is 35.6 Å². The first-order chi connectivity index (χ1) is 7.34. The third-order valence-corrected chi connectivity index (χ3v) is 2.28. The molecule has 0 aliphatic heterocycles. The lowest BCUT2D eigenvalue weighted by Crippen LogP contribution is -2.15.